The van der Waals surface area contributed by atoms with E-state index in [0.29, 0.717) is 19.1 Å². The molecule has 1 saturated carbocycles. The van der Waals surface area contributed by atoms with E-state index >= 15 is 0 Å². The van der Waals surface area contributed by atoms with E-state index in [1.807, 2.05) is 18.5 Å². The highest BCUT2D eigenvalue weighted by molar-refractivity contribution is 5.80. The van der Waals surface area contributed by atoms with Gasteiger partial charge in [-0.2, -0.15) is 0 Å². The lowest BCUT2D eigenvalue weighted by atomic mass is 9.96. The molecule has 0 spiro atoms. The lowest BCUT2D eigenvalue weighted by Gasteiger charge is -2.25. The molecule has 0 aliphatic heterocycles. The number of hydrogen-bond donors (Lipinski definition) is 2. The highest BCUT2D eigenvalue weighted by Crippen LogP contribution is 2.17. The first-order valence-electron chi connectivity index (χ1n) is 10.1. The predicted molar refractivity (Wildman–Crippen MR) is 110 cm³/mol. The van der Waals surface area contributed by atoms with Gasteiger partial charge >= 0.3 is 0 Å². The van der Waals surface area contributed by atoms with Gasteiger partial charge in [0.15, 0.2) is 11.8 Å². The Bertz CT molecular complexity index is 758. The summed E-state index contributed by atoms with van der Waals surface area (Å²) in [5.41, 5.74) is 2.65. The standard InChI is InChI=1S/C21H32N6/c1-4-17-10-8-9-11-18(17)14-22-21(24-19-12-6-5-7-13-19)23-15-20-26-25-16(2)27(20)3/h8-11,19H,4-7,12-15H2,1-3H3,(H2,22,23,24). The molecule has 0 saturated heterocycles. The smallest absolute Gasteiger partial charge is 0.192 e. The van der Waals surface area contributed by atoms with Crippen LogP contribution in [-0.4, -0.2) is 26.8 Å². The Labute approximate surface area is 162 Å². The van der Waals surface area contributed by atoms with Gasteiger partial charge in [-0.15, -0.1) is 10.2 Å². The van der Waals surface area contributed by atoms with Gasteiger partial charge < -0.3 is 15.2 Å². The van der Waals surface area contributed by atoms with Crippen LogP contribution in [0.5, 0.6) is 0 Å². The summed E-state index contributed by atoms with van der Waals surface area (Å²) in [7, 11) is 2.00. The number of nitrogens with one attached hydrogen (secondary N) is 2. The van der Waals surface area contributed by atoms with Gasteiger partial charge in [0, 0.05) is 13.1 Å². The third-order valence-corrected chi connectivity index (χ3v) is 5.45. The lowest BCUT2D eigenvalue weighted by Crippen LogP contribution is -2.44. The van der Waals surface area contributed by atoms with Crippen molar-refractivity contribution in [1.29, 1.82) is 0 Å². The zero-order chi connectivity index (χ0) is 19.1. The number of aliphatic imine (C=N–C) groups is 1. The maximum absolute atomic E-state index is 4.89. The van der Waals surface area contributed by atoms with Gasteiger partial charge in [-0.3, -0.25) is 0 Å². The maximum atomic E-state index is 4.89. The molecule has 1 heterocycles. The van der Waals surface area contributed by atoms with Crippen LogP contribution in [0, 0.1) is 6.92 Å². The maximum Gasteiger partial charge on any atom is 0.192 e. The molecule has 6 nitrogen and oxygen atoms in total. The van der Waals surface area contributed by atoms with Gasteiger partial charge in [0.05, 0.1) is 13.1 Å². The van der Waals surface area contributed by atoms with E-state index in [4.69, 9.17) is 4.99 Å². The molecule has 3 rings (SSSR count). The average Bonchev–Trinajstić information content (AvgIpc) is 3.03. The Morgan fingerprint density at radius 3 is 2.56 bits per heavy atom. The summed E-state index contributed by atoms with van der Waals surface area (Å²) in [6.45, 7) is 5.46. The molecule has 1 aliphatic rings. The molecule has 1 aliphatic carbocycles. The number of hydrogen-bond acceptors (Lipinski definition) is 3. The van der Waals surface area contributed by atoms with E-state index in [1.54, 1.807) is 0 Å². The molecule has 1 fully saturated rings. The van der Waals surface area contributed by atoms with Crippen LogP contribution in [0.1, 0.15) is 61.8 Å². The second kappa shape index (κ2) is 9.53. The minimum atomic E-state index is 0.507. The van der Waals surface area contributed by atoms with Crippen molar-refractivity contribution in [2.75, 3.05) is 0 Å². The molecule has 0 amide bonds. The number of nitrogens with zero attached hydrogens (tertiary/aromatic N) is 4. The van der Waals surface area contributed by atoms with Gasteiger partial charge in [0.1, 0.15) is 5.82 Å². The third-order valence-electron chi connectivity index (χ3n) is 5.45. The average molecular weight is 369 g/mol. The molecule has 2 N–H and O–H groups in total. The highest BCUT2D eigenvalue weighted by Gasteiger charge is 2.15. The Morgan fingerprint density at radius 2 is 1.89 bits per heavy atom. The second-order valence-corrected chi connectivity index (χ2v) is 7.34. The molecular formula is C21H32N6. The quantitative estimate of drug-likeness (QED) is 0.607. The number of rotatable bonds is 6. The summed E-state index contributed by atoms with van der Waals surface area (Å²) in [5.74, 6) is 2.70. The highest BCUT2D eigenvalue weighted by atomic mass is 15.3. The molecule has 0 atom stereocenters. The lowest BCUT2D eigenvalue weighted by molar-refractivity contribution is 0.409. The molecule has 2 aromatic rings. The molecule has 0 bridgehead atoms. The number of aromatic nitrogens is 3. The van der Waals surface area contributed by atoms with E-state index in [1.165, 1.54) is 43.2 Å². The number of benzene rings is 1. The molecule has 0 unspecified atom stereocenters. The normalized spacial score (nSPS) is 15.7. The minimum absolute atomic E-state index is 0.507. The van der Waals surface area contributed by atoms with Crippen molar-refractivity contribution in [3.8, 4) is 0 Å². The molecule has 1 aromatic heterocycles. The van der Waals surface area contributed by atoms with Crippen molar-refractivity contribution < 1.29 is 0 Å². The molecule has 1 aromatic carbocycles. The Hall–Kier alpha value is -2.37. The summed E-state index contributed by atoms with van der Waals surface area (Å²) >= 11 is 0. The Kier molecular flexibility index (Phi) is 6.85. The van der Waals surface area contributed by atoms with Crippen molar-refractivity contribution in [2.45, 2.75) is 71.5 Å². The summed E-state index contributed by atoms with van der Waals surface area (Å²) in [5, 5.41) is 15.5. The Balaban J connectivity index is 1.70. The largest absolute Gasteiger partial charge is 0.354 e. The predicted octanol–water partition coefficient (Wildman–Crippen LogP) is 3.25. The van der Waals surface area contributed by atoms with Crippen LogP contribution in [0.2, 0.25) is 0 Å². The topological polar surface area (TPSA) is 67.1 Å². The van der Waals surface area contributed by atoms with Gasteiger partial charge in [0.2, 0.25) is 0 Å². The van der Waals surface area contributed by atoms with Crippen LogP contribution in [0.15, 0.2) is 29.3 Å². The van der Waals surface area contributed by atoms with Gasteiger partial charge in [-0.05, 0) is 37.3 Å². The minimum Gasteiger partial charge on any atom is -0.354 e. The first-order chi connectivity index (χ1) is 13.2. The molecule has 27 heavy (non-hydrogen) atoms. The van der Waals surface area contributed by atoms with Crippen LogP contribution in [0.4, 0.5) is 0 Å². The van der Waals surface area contributed by atoms with Crippen LogP contribution in [-0.2, 0) is 26.6 Å². The fourth-order valence-corrected chi connectivity index (χ4v) is 3.58. The van der Waals surface area contributed by atoms with E-state index in [0.717, 1.165) is 24.0 Å². The van der Waals surface area contributed by atoms with Gasteiger partial charge in [0.25, 0.3) is 0 Å². The van der Waals surface area contributed by atoms with Crippen molar-refractivity contribution in [3.05, 3.63) is 47.0 Å². The van der Waals surface area contributed by atoms with Crippen molar-refractivity contribution in [3.63, 3.8) is 0 Å². The third kappa shape index (κ3) is 5.31. The van der Waals surface area contributed by atoms with E-state index in [9.17, 15) is 0 Å². The van der Waals surface area contributed by atoms with Crippen molar-refractivity contribution in [2.24, 2.45) is 12.0 Å². The molecule has 146 valence electrons. The van der Waals surface area contributed by atoms with E-state index in [2.05, 4.69) is 52.0 Å². The van der Waals surface area contributed by atoms with Gasteiger partial charge in [-0.1, -0.05) is 50.5 Å². The Morgan fingerprint density at radius 1 is 1.15 bits per heavy atom. The summed E-state index contributed by atoms with van der Waals surface area (Å²) in [6.07, 6.45) is 7.41. The van der Waals surface area contributed by atoms with Crippen molar-refractivity contribution in [1.82, 2.24) is 25.4 Å². The zero-order valence-corrected chi connectivity index (χ0v) is 16.8. The fourth-order valence-electron chi connectivity index (χ4n) is 3.58. The summed E-state index contributed by atoms with van der Waals surface area (Å²) in [6, 6.07) is 9.06. The first kappa shape index (κ1) is 19.4. The second-order valence-electron chi connectivity index (χ2n) is 7.34. The molecule has 6 heteroatoms. The van der Waals surface area contributed by atoms with Crippen LogP contribution in [0.25, 0.3) is 0 Å². The van der Waals surface area contributed by atoms with Gasteiger partial charge in [-0.25, -0.2) is 4.99 Å². The van der Waals surface area contributed by atoms with Crippen LogP contribution >= 0.6 is 0 Å². The van der Waals surface area contributed by atoms with E-state index in [-0.39, 0.29) is 0 Å². The fraction of sp³-hybridized carbons (Fsp3) is 0.571. The number of guanidine groups is 1. The zero-order valence-electron chi connectivity index (χ0n) is 16.8. The molecule has 0 radical (unpaired) electrons. The monoisotopic (exact) mass is 368 g/mol. The van der Waals surface area contributed by atoms with Crippen LogP contribution in [0.3, 0.4) is 0 Å². The number of aryl methyl sites for hydroxylation is 2. The van der Waals surface area contributed by atoms with E-state index < -0.39 is 0 Å². The van der Waals surface area contributed by atoms with Crippen molar-refractivity contribution >= 4 is 5.96 Å². The summed E-state index contributed by atoms with van der Waals surface area (Å²) < 4.78 is 2.01. The molecular weight excluding hydrogens is 336 g/mol. The first-order valence-corrected chi connectivity index (χ1v) is 10.1. The SMILES string of the molecule is CCc1ccccc1CN=C(NCc1nnc(C)n1C)NC1CCCCC1. The summed E-state index contributed by atoms with van der Waals surface area (Å²) in [4.78, 5) is 4.89. The van der Waals surface area contributed by atoms with Crippen LogP contribution < -0.4 is 10.6 Å².